The van der Waals surface area contributed by atoms with Gasteiger partial charge in [-0.25, -0.2) is 0 Å². The Balaban J connectivity index is 3.32. The van der Waals surface area contributed by atoms with E-state index in [0.717, 1.165) is 26.7 Å². The van der Waals surface area contributed by atoms with Crippen molar-refractivity contribution in [1.29, 1.82) is 0 Å². The zero-order valence-corrected chi connectivity index (χ0v) is 10.7. The van der Waals surface area contributed by atoms with Gasteiger partial charge in [0.2, 0.25) is 0 Å². The topological polar surface area (TPSA) is 26.3 Å². The van der Waals surface area contributed by atoms with Gasteiger partial charge in [0.1, 0.15) is 12.0 Å². The Morgan fingerprint density at radius 2 is 2.07 bits per heavy atom. The molecule has 0 aliphatic rings. The fraction of sp³-hybridized carbons (Fsp3) is 0.364. The first-order valence-electron chi connectivity index (χ1n) is 4.42. The van der Waals surface area contributed by atoms with Gasteiger partial charge in [0, 0.05) is 5.56 Å². The molecule has 0 bridgehead atoms. The summed E-state index contributed by atoms with van der Waals surface area (Å²) >= 11 is 2.17. The van der Waals surface area contributed by atoms with Crippen LogP contribution in [0.5, 0.6) is 5.75 Å². The molecule has 0 saturated heterocycles. The number of carbonyl (C=O) groups excluding carboxylic acids is 1. The molecule has 1 rings (SSSR count). The maximum Gasteiger partial charge on any atom is 0.150 e. The Labute approximate surface area is 97.8 Å². The second-order valence-corrected chi connectivity index (χ2v) is 4.55. The molecule has 0 amide bonds. The van der Waals surface area contributed by atoms with Crippen molar-refractivity contribution in [3.63, 3.8) is 0 Å². The van der Waals surface area contributed by atoms with Crippen LogP contribution in [0.25, 0.3) is 0 Å². The first-order valence-corrected chi connectivity index (χ1v) is 5.50. The standard InChI is InChI=1S/C11H13IO2/c1-7(2)9-5-11(14-3)10(12)4-8(9)6-13/h4-7H,1-3H3. The summed E-state index contributed by atoms with van der Waals surface area (Å²) in [6.45, 7) is 4.13. The number of benzene rings is 1. The molecular formula is C11H13IO2. The number of aldehydes is 1. The highest BCUT2D eigenvalue weighted by molar-refractivity contribution is 14.1. The Morgan fingerprint density at radius 1 is 1.43 bits per heavy atom. The number of ether oxygens (including phenoxy) is 1. The normalized spacial score (nSPS) is 10.4. The molecule has 0 saturated carbocycles. The van der Waals surface area contributed by atoms with Gasteiger partial charge in [-0.2, -0.15) is 0 Å². The van der Waals surface area contributed by atoms with Gasteiger partial charge in [-0.3, -0.25) is 4.79 Å². The lowest BCUT2D eigenvalue weighted by atomic mass is 9.98. The molecule has 0 radical (unpaired) electrons. The van der Waals surface area contributed by atoms with E-state index >= 15 is 0 Å². The number of methoxy groups -OCH3 is 1. The summed E-state index contributed by atoms with van der Waals surface area (Å²) < 4.78 is 6.18. The van der Waals surface area contributed by atoms with Gasteiger partial charge >= 0.3 is 0 Å². The Kier molecular flexibility index (Phi) is 3.92. The van der Waals surface area contributed by atoms with E-state index < -0.39 is 0 Å². The second-order valence-electron chi connectivity index (χ2n) is 3.39. The highest BCUT2D eigenvalue weighted by Gasteiger charge is 2.10. The molecule has 1 aromatic carbocycles. The van der Waals surface area contributed by atoms with E-state index in [0.29, 0.717) is 5.92 Å². The van der Waals surface area contributed by atoms with Gasteiger partial charge in [0.05, 0.1) is 10.7 Å². The van der Waals surface area contributed by atoms with Gasteiger partial charge < -0.3 is 4.74 Å². The van der Waals surface area contributed by atoms with Crippen LogP contribution in [0.4, 0.5) is 0 Å². The molecule has 3 heteroatoms. The van der Waals surface area contributed by atoms with E-state index in [4.69, 9.17) is 4.74 Å². The van der Waals surface area contributed by atoms with Gasteiger partial charge in [0.25, 0.3) is 0 Å². The Bertz CT molecular complexity index is 345. The third-order valence-electron chi connectivity index (χ3n) is 2.11. The lowest BCUT2D eigenvalue weighted by molar-refractivity contribution is 0.112. The molecule has 0 spiro atoms. The SMILES string of the molecule is COc1cc(C(C)C)c(C=O)cc1I. The van der Waals surface area contributed by atoms with Crippen LogP contribution < -0.4 is 4.74 Å². The first kappa shape index (κ1) is 11.5. The van der Waals surface area contributed by atoms with Crippen LogP contribution in [0.1, 0.15) is 35.7 Å². The summed E-state index contributed by atoms with van der Waals surface area (Å²) in [4.78, 5) is 10.8. The highest BCUT2D eigenvalue weighted by Crippen LogP contribution is 2.28. The molecule has 0 atom stereocenters. The minimum Gasteiger partial charge on any atom is -0.496 e. The van der Waals surface area contributed by atoms with E-state index in [9.17, 15) is 4.79 Å². The predicted octanol–water partition coefficient (Wildman–Crippen LogP) is 3.24. The number of halogens is 1. The summed E-state index contributed by atoms with van der Waals surface area (Å²) in [7, 11) is 1.64. The van der Waals surface area contributed by atoms with Crippen molar-refractivity contribution in [1.82, 2.24) is 0 Å². The molecule has 0 aliphatic heterocycles. The summed E-state index contributed by atoms with van der Waals surface area (Å²) in [5.74, 6) is 1.17. The van der Waals surface area contributed by atoms with Crippen molar-refractivity contribution < 1.29 is 9.53 Å². The van der Waals surface area contributed by atoms with E-state index in [1.165, 1.54) is 0 Å². The van der Waals surface area contributed by atoms with Crippen molar-refractivity contribution in [2.45, 2.75) is 19.8 Å². The maximum absolute atomic E-state index is 10.8. The number of carbonyl (C=O) groups is 1. The summed E-state index contributed by atoms with van der Waals surface area (Å²) in [5, 5.41) is 0. The Morgan fingerprint density at radius 3 is 2.50 bits per heavy atom. The predicted molar refractivity (Wildman–Crippen MR) is 65.2 cm³/mol. The molecule has 0 aromatic heterocycles. The minimum absolute atomic E-state index is 0.334. The van der Waals surface area contributed by atoms with Crippen molar-refractivity contribution in [3.8, 4) is 5.75 Å². The van der Waals surface area contributed by atoms with Gasteiger partial charge in [-0.1, -0.05) is 13.8 Å². The molecule has 0 fully saturated rings. The van der Waals surface area contributed by atoms with E-state index in [-0.39, 0.29) is 0 Å². The van der Waals surface area contributed by atoms with Crippen molar-refractivity contribution in [2.24, 2.45) is 0 Å². The van der Waals surface area contributed by atoms with Gasteiger partial charge in [-0.05, 0) is 46.2 Å². The minimum atomic E-state index is 0.334. The van der Waals surface area contributed by atoms with Crippen LogP contribution in [0.15, 0.2) is 12.1 Å². The van der Waals surface area contributed by atoms with Crippen molar-refractivity contribution in [3.05, 3.63) is 26.8 Å². The van der Waals surface area contributed by atoms with E-state index in [1.807, 2.05) is 12.1 Å². The van der Waals surface area contributed by atoms with Crippen molar-refractivity contribution >= 4 is 28.9 Å². The molecule has 2 nitrogen and oxygen atoms in total. The van der Waals surface area contributed by atoms with Gasteiger partial charge in [0.15, 0.2) is 0 Å². The molecule has 0 heterocycles. The number of hydrogen-bond donors (Lipinski definition) is 0. The zero-order chi connectivity index (χ0) is 10.7. The smallest absolute Gasteiger partial charge is 0.150 e. The van der Waals surface area contributed by atoms with Crippen LogP contribution in [-0.4, -0.2) is 13.4 Å². The van der Waals surface area contributed by atoms with Crippen LogP contribution in [0, 0.1) is 3.57 Å². The van der Waals surface area contributed by atoms with Gasteiger partial charge in [-0.15, -0.1) is 0 Å². The lowest BCUT2D eigenvalue weighted by Crippen LogP contribution is -1.98. The average molecular weight is 304 g/mol. The molecule has 0 N–H and O–H groups in total. The second kappa shape index (κ2) is 4.77. The van der Waals surface area contributed by atoms with E-state index in [1.54, 1.807) is 7.11 Å². The molecule has 1 aromatic rings. The molecule has 0 aliphatic carbocycles. The quantitative estimate of drug-likeness (QED) is 0.633. The molecule has 0 unspecified atom stereocenters. The monoisotopic (exact) mass is 304 g/mol. The summed E-state index contributed by atoms with van der Waals surface area (Å²) in [6.07, 6.45) is 0.900. The third kappa shape index (κ3) is 2.26. The third-order valence-corrected chi connectivity index (χ3v) is 2.95. The zero-order valence-electron chi connectivity index (χ0n) is 8.50. The van der Waals surface area contributed by atoms with Crippen LogP contribution in [0.3, 0.4) is 0 Å². The van der Waals surface area contributed by atoms with Crippen LogP contribution in [-0.2, 0) is 0 Å². The lowest BCUT2D eigenvalue weighted by Gasteiger charge is -2.12. The average Bonchev–Trinajstić information content (AvgIpc) is 2.16. The number of hydrogen-bond acceptors (Lipinski definition) is 2. The van der Waals surface area contributed by atoms with E-state index in [2.05, 4.69) is 36.4 Å². The number of rotatable bonds is 3. The molecule has 14 heavy (non-hydrogen) atoms. The fourth-order valence-electron chi connectivity index (χ4n) is 1.34. The summed E-state index contributed by atoms with van der Waals surface area (Å²) in [6, 6.07) is 3.80. The van der Waals surface area contributed by atoms with Crippen LogP contribution >= 0.6 is 22.6 Å². The van der Waals surface area contributed by atoms with Crippen molar-refractivity contribution in [2.75, 3.05) is 7.11 Å². The first-order chi connectivity index (χ1) is 6.60. The fourth-order valence-corrected chi connectivity index (χ4v) is 2.05. The van der Waals surface area contributed by atoms with Crippen LogP contribution in [0.2, 0.25) is 0 Å². The highest BCUT2D eigenvalue weighted by atomic mass is 127. The molecular weight excluding hydrogens is 291 g/mol. The largest absolute Gasteiger partial charge is 0.496 e. The molecule has 76 valence electrons. The Hall–Kier alpha value is -0.580. The maximum atomic E-state index is 10.8. The summed E-state index contributed by atoms with van der Waals surface area (Å²) in [5.41, 5.74) is 1.79.